The number of nitro groups is 1. The van der Waals surface area contributed by atoms with Gasteiger partial charge in [-0.25, -0.2) is 0 Å². The van der Waals surface area contributed by atoms with Crippen LogP contribution in [0.25, 0.3) is 0 Å². The van der Waals surface area contributed by atoms with Crippen LogP contribution < -0.4 is 10.1 Å². The number of amides is 1. The molecule has 0 aliphatic rings. The number of carbonyl (C=O) groups excluding carboxylic acids is 1. The first kappa shape index (κ1) is 22.6. The second-order valence-corrected chi connectivity index (χ2v) is 8.09. The van der Waals surface area contributed by atoms with Gasteiger partial charge in [-0.15, -0.1) is 10.2 Å². The molecule has 2 aromatic carbocycles. The number of rotatable bonds is 8. The molecular formula is C20H20ClN5O4S. The predicted octanol–water partition coefficient (Wildman–Crippen LogP) is 4.56. The van der Waals surface area contributed by atoms with Gasteiger partial charge in [0.2, 0.25) is 5.91 Å². The molecule has 0 spiro atoms. The van der Waals surface area contributed by atoms with Crippen molar-refractivity contribution in [1.29, 1.82) is 0 Å². The lowest BCUT2D eigenvalue weighted by Gasteiger charge is -2.16. The molecule has 1 atom stereocenters. The average molecular weight is 462 g/mol. The van der Waals surface area contributed by atoms with Crippen LogP contribution in [0.2, 0.25) is 5.02 Å². The molecule has 1 unspecified atom stereocenters. The van der Waals surface area contributed by atoms with E-state index < -0.39 is 4.92 Å². The van der Waals surface area contributed by atoms with E-state index in [1.807, 2.05) is 19.9 Å². The number of ether oxygens (including phenoxy) is 1. The molecule has 1 N–H and O–H groups in total. The number of nitrogens with one attached hydrogen (secondary N) is 1. The number of carbonyl (C=O) groups is 1. The molecule has 3 aromatic rings. The van der Waals surface area contributed by atoms with Crippen LogP contribution in [0.1, 0.15) is 24.4 Å². The predicted molar refractivity (Wildman–Crippen MR) is 119 cm³/mol. The summed E-state index contributed by atoms with van der Waals surface area (Å²) in [5, 5.41) is 23.0. The van der Waals surface area contributed by atoms with Crippen LogP contribution in [0, 0.1) is 17.0 Å². The first-order chi connectivity index (χ1) is 14.7. The van der Waals surface area contributed by atoms with Crippen LogP contribution >= 0.6 is 23.4 Å². The van der Waals surface area contributed by atoms with Crippen molar-refractivity contribution in [2.45, 2.75) is 25.1 Å². The van der Waals surface area contributed by atoms with Crippen molar-refractivity contribution in [1.82, 2.24) is 14.8 Å². The summed E-state index contributed by atoms with van der Waals surface area (Å²) in [6.45, 7) is 3.77. The molecule has 11 heteroatoms. The van der Waals surface area contributed by atoms with E-state index in [0.29, 0.717) is 27.4 Å². The molecule has 0 bridgehead atoms. The third kappa shape index (κ3) is 5.74. The number of hydrogen-bond acceptors (Lipinski definition) is 7. The maximum absolute atomic E-state index is 12.2. The van der Waals surface area contributed by atoms with Crippen LogP contribution in [-0.4, -0.2) is 31.3 Å². The van der Waals surface area contributed by atoms with Crippen molar-refractivity contribution in [3.05, 3.63) is 69.0 Å². The third-order valence-corrected chi connectivity index (χ3v) is 5.60. The number of aryl methyl sites for hydroxylation is 1. The molecule has 0 fully saturated rings. The number of anilines is 1. The summed E-state index contributed by atoms with van der Waals surface area (Å²) in [7, 11) is 1.80. The molecule has 1 heterocycles. The largest absolute Gasteiger partial charge is 0.482 e. The summed E-state index contributed by atoms with van der Waals surface area (Å²) in [4.78, 5) is 22.6. The highest BCUT2D eigenvalue weighted by molar-refractivity contribution is 7.99. The number of nitro benzene ring substituents is 1. The van der Waals surface area contributed by atoms with E-state index in [0.717, 1.165) is 5.56 Å². The minimum Gasteiger partial charge on any atom is -0.482 e. The van der Waals surface area contributed by atoms with Gasteiger partial charge in [-0.05, 0) is 43.7 Å². The topological polar surface area (TPSA) is 112 Å². The molecule has 0 saturated heterocycles. The highest BCUT2D eigenvalue weighted by Crippen LogP contribution is 2.28. The lowest BCUT2D eigenvalue weighted by Crippen LogP contribution is -2.15. The summed E-state index contributed by atoms with van der Waals surface area (Å²) in [6, 6.07) is 11.2. The number of halogens is 1. The lowest BCUT2D eigenvalue weighted by atomic mass is 10.2. The van der Waals surface area contributed by atoms with Gasteiger partial charge in [-0.1, -0.05) is 29.4 Å². The summed E-state index contributed by atoms with van der Waals surface area (Å²) in [5.74, 6) is 1.07. The summed E-state index contributed by atoms with van der Waals surface area (Å²) >= 11 is 7.19. The fraction of sp³-hybridized carbons (Fsp3) is 0.250. The van der Waals surface area contributed by atoms with Crippen molar-refractivity contribution >= 4 is 40.6 Å². The molecule has 3 rings (SSSR count). The molecule has 31 heavy (non-hydrogen) atoms. The summed E-state index contributed by atoms with van der Waals surface area (Å²) < 4.78 is 7.75. The molecular weight excluding hydrogens is 442 g/mol. The van der Waals surface area contributed by atoms with Gasteiger partial charge in [0.05, 0.1) is 10.7 Å². The van der Waals surface area contributed by atoms with Gasteiger partial charge in [0.15, 0.2) is 17.1 Å². The average Bonchev–Trinajstić information content (AvgIpc) is 3.09. The molecule has 9 nitrogen and oxygen atoms in total. The fourth-order valence-electron chi connectivity index (χ4n) is 2.82. The summed E-state index contributed by atoms with van der Waals surface area (Å²) in [6.07, 6.45) is -0.370. The maximum atomic E-state index is 12.2. The van der Waals surface area contributed by atoms with E-state index in [4.69, 9.17) is 16.3 Å². The van der Waals surface area contributed by atoms with Crippen LogP contribution in [0.3, 0.4) is 0 Å². The van der Waals surface area contributed by atoms with Gasteiger partial charge in [0, 0.05) is 29.9 Å². The van der Waals surface area contributed by atoms with Gasteiger partial charge < -0.3 is 14.6 Å². The zero-order chi connectivity index (χ0) is 22.5. The van der Waals surface area contributed by atoms with Crippen molar-refractivity contribution in [2.24, 2.45) is 7.05 Å². The first-order valence-corrected chi connectivity index (χ1v) is 10.6. The standard InChI is InChI=1S/C20H20ClN5O4S/c1-12-9-14(21)7-8-17(12)30-13(2)19-23-24-20(25(19)3)31-11-18(27)22-15-5-4-6-16(10-15)26(28)29/h4-10,13H,11H2,1-3H3,(H,22,27). The Labute approximate surface area is 187 Å². The third-order valence-electron chi connectivity index (χ3n) is 4.35. The molecule has 0 saturated carbocycles. The Kier molecular flexibility index (Phi) is 7.13. The van der Waals surface area contributed by atoms with E-state index in [-0.39, 0.29) is 23.5 Å². The second-order valence-electron chi connectivity index (χ2n) is 6.71. The lowest BCUT2D eigenvalue weighted by molar-refractivity contribution is -0.384. The van der Waals surface area contributed by atoms with Crippen molar-refractivity contribution in [3.63, 3.8) is 0 Å². The monoisotopic (exact) mass is 461 g/mol. The number of nitrogens with zero attached hydrogens (tertiary/aromatic N) is 4. The molecule has 1 aromatic heterocycles. The normalized spacial score (nSPS) is 11.7. The smallest absolute Gasteiger partial charge is 0.271 e. The molecule has 162 valence electrons. The molecule has 0 radical (unpaired) electrons. The number of aromatic nitrogens is 3. The zero-order valence-corrected chi connectivity index (χ0v) is 18.6. The SMILES string of the molecule is Cc1cc(Cl)ccc1OC(C)c1nnc(SCC(=O)Nc2cccc([N+](=O)[O-])c2)n1C. The number of non-ortho nitro benzene ring substituents is 1. The van der Waals surface area contributed by atoms with Crippen LogP contribution in [0.4, 0.5) is 11.4 Å². The molecule has 1 amide bonds. The van der Waals surface area contributed by atoms with E-state index in [1.165, 1.54) is 30.0 Å². The van der Waals surface area contributed by atoms with Crippen molar-refractivity contribution in [3.8, 4) is 5.75 Å². The van der Waals surface area contributed by atoms with Gasteiger partial charge in [-0.3, -0.25) is 14.9 Å². The van der Waals surface area contributed by atoms with Gasteiger partial charge in [-0.2, -0.15) is 0 Å². The minimum absolute atomic E-state index is 0.0696. The van der Waals surface area contributed by atoms with Crippen molar-refractivity contribution < 1.29 is 14.5 Å². The molecule has 0 aliphatic heterocycles. The Morgan fingerprint density at radius 3 is 2.81 bits per heavy atom. The van der Waals surface area contributed by atoms with E-state index in [2.05, 4.69) is 15.5 Å². The van der Waals surface area contributed by atoms with E-state index in [1.54, 1.807) is 29.8 Å². The van der Waals surface area contributed by atoms with Gasteiger partial charge in [0.25, 0.3) is 5.69 Å². The minimum atomic E-state index is -0.514. The van der Waals surface area contributed by atoms with Crippen LogP contribution in [-0.2, 0) is 11.8 Å². The highest BCUT2D eigenvalue weighted by Gasteiger charge is 2.19. The Hall–Kier alpha value is -3.11. The van der Waals surface area contributed by atoms with Gasteiger partial charge >= 0.3 is 0 Å². The number of thioether (sulfide) groups is 1. The van der Waals surface area contributed by atoms with Gasteiger partial charge in [0.1, 0.15) is 5.75 Å². The quantitative estimate of drug-likeness (QED) is 0.297. The molecule has 0 aliphatic carbocycles. The highest BCUT2D eigenvalue weighted by atomic mass is 35.5. The zero-order valence-electron chi connectivity index (χ0n) is 17.0. The van der Waals surface area contributed by atoms with Crippen LogP contribution in [0.15, 0.2) is 47.6 Å². The Morgan fingerprint density at radius 1 is 1.32 bits per heavy atom. The Morgan fingerprint density at radius 2 is 2.10 bits per heavy atom. The van der Waals surface area contributed by atoms with E-state index >= 15 is 0 Å². The van der Waals surface area contributed by atoms with E-state index in [9.17, 15) is 14.9 Å². The Balaban J connectivity index is 1.60. The maximum Gasteiger partial charge on any atom is 0.271 e. The second kappa shape index (κ2) is 9.80. The number of benzene rings is 2. The van der Waals surface area contributed by atoms with Crippen LogP contribution in [0.5, 0.6) is 5.75 Å². The first-order valence-electron chi connectivity index (χ1n) is 9.24. The van der Waals surface area contributed by atoms with Crippen molar-refractivity contribution in [2.75, 3.05) is 11.1 Å². The fourth-order valence-corrected chi connectivity index (χ4v) is 3.76. The summed E-state index contributed by atoms with van der Waals surface area (Å²) in [5.41, 5.74) is 1.18. The Bertz CT molecular complexity index is 1120. The number of hydrogen-bond donors (Lipinski definition) is 1.